The van der Waals surface area contributed by atoms with Crippen molar-refractivity contribution in [2.24, 2.45) is 0 Å². The van der Waals surface area contributed by atoms with Gasteiger partial charge >= 0.3 is 0 Å². The quantitative estimate of drug-likeness (QED) is 0.506. The highest BCUT2D eigenvalue weighted by Gasteiger charge is 2.10. The lowest BCUT2D eigenvalue weighted by Gasteiger charge is -2.11. The molecule has 0 radical (unpaired) electrons. The minimum absolute atomic E-state index is 0.649. The fourth-order valence-electron chi connectivity index (χ4n) is 2.74. The van der Waals surface area contributed by atoms with Gasteiger partial charge in [-0.25, -0.2) is 9.97 Å². The summed E-state index contributed by atoms with van der Waals surface area (Å²) in [5, 5.41) is 4.98. The number of hydrogen-bond acceptors (Lipinski definition) is 4. The van der Waals surface area contributed by atoms with E-state index in [0.717, 1.165) is 33.7 Å². The minimum Gasteiger partial charge on any atom is -0.497 e. The molecule has 0 saturated carbocycles. The molecule has 0 spiro atoms. The van der Waals surface area contributed by atoms with Gasteiger partial charge in [-0.3, -0.25) is 0 Å². The number of aromatic nitrogens is 2. The van der Waals surface area contributed by atoms with Crippen molar-refractivity contribution in [3.05, 3.63) is 77.8 Å². The number of methoxy groups -OCH3 is 1. The Morgan fingerprint density at radius 3 is 2.46 bits per heavy atom. The van der Waals surface area contributed by atoms with Crippen LogP contribution in [-0.4, -0.2) is 17.1 Å². The Kier molecular flexibility index (Phi) is 4.42. The van der Waals surface area contributed by atoms with E-state index in [1.165, 1.54) is 0 Å². The summed E-state index contributed by atoms with van der Waals surface area (Å²) >= 11 is 6.10. The normalized spacial score (nSPS) is 10.7. The molecule has 0 aliphatic carbocycles. The summed E-state index contributed by atoms with van der Waals surface area (Å²) in [5.41, 5.74) is 2.67. The number of fused-ring (bicyclic) bond motifs is 1. The Bertz CT molecular complexity index is 1060. The highest BCUT2D eigenvalue weighted by molar-refractivity contribution is 6.30. The third kappa shape index (κ3) is 3.32. The van der Waals surface area contributed by atoms with Crippen LogP contribution in [0.1, 0.15) is 0 Å². The summed E-state index contributed by atoms with van der Waals surface area (Å²) < 4.78 is 5.22. The van der Waals surface area contributed by atoms with Crippen molar-refractivity contribution in [1.82, 2.24) is 9.97 Å². The van der Waals surface area contributed by atoms with E-state index in [1.54, 1.807) is 7.11 Å². The standard InChI is InChI=1S/C21H16ClN3O/c1-26-17-11-9-14(10-12-17)20-24-19-8-3-2-7-18(19)21(25-20)23-16-6-4-5-15(22)13-16/h2-13H,1H3,(H,23,24,25). The van der Waals surface area contributed by atoms with Gasteiger partial charge < -0.3 is 10.1 Å². The molecule has 4 rings (SSSR count). The molecular weight excluding hydrogens is 346 g/mol. The molecule has 1 N–H and O–H groups in total. The molecule has 0 bridgehead atoms. The van der Waals surface area contributed by atoms with E-state index in [0.29, 0.717) is 10.8 Å². The first-order valence-electron chi connectivity index (χ1n) is 8.17. The predicted molar refractivity (Wildman–Crippen MR) is 106 cm³/mol. The fraction of sp³-hybridized carbons (Fsp3) is 0.0476. The lowest BCUT2D eigenvalue weighted by atomic mass is 10.1. The van der Waals surface area contributed by atoms with Gasteiger partial charge in [0.05, 0.1) is 12.6 Å². The van der Waals surface area contributed by atoms with E-state index in [4.69, 9.17) is 26.3 Å². The minimum atomic E-state index is 0.649. The maximum atomic E-state index is 6.10. The molecule has 0 aliphatic heterocycles. The molecule has 128 valence electrons. The van der Waals surface area contributed by atoms with Crippen LogP contribution in [0, 0.1) is 0 Å². The second kappa shape index (κ2) is 7.02. The monoisotopic (exact) mass is 361 g/mol. The van der Waals surface area contributed by atoms with Crippen LogP contribution in [0.5, 0.6) is 5.75 Å². The molecule has 0 saturated heterocycles. The van der Waals surface area contributed by atoms with Crippen molar-refractivity contribution in [1.29, 1.82) is 0 Å². The first kappa shape index (κ1) is 16.4. The fourth-order valence-corrected chi connectivity index (χ4v) is 2.93. The average molecular weight is 362 g/mol. The molecular formula is C21H16ClN3O. The van der Waals surface area contributed by atoms with Crippen molar-refractivity contribution in [3.63, 3.8) is 0 Å². The van der Waals surface area contributed by atoms with Gasteiger partial charge in [0.25, 0.3) is 0 Å². The number of ether oxygens (including phenoxy) is 1. The Balaban J connectivity index is 1.82. The lowest BCUT2D eigenvalue weighted by Crippen LogP contribution is -1.99. The predicted octanol–water partition coefficient (Wildman–Crippen LogP) is 5.70. The summed E-state index contributed by atoms with van der Waals surface area (Å²) in [7, 11) is 1.65. The number of nitrogens with zero attached hydrogens (tertiary/aromatic N) is 2. The molecule has 1 aromatic heterocycles. The van der Waals surface area contributed by atoms with Crippen LogP contribution < -0.4 is 10.1 Å². The summed E-state index contributed by atoms with van der Waals surface area (Å²) in [4.78, 5) is 9.45. The van der Waals surface area contributed by atoms with Crippen molar-refractivity contribution in [3.8, 4) is 17.1 Å². The first-order chi connectivity index (χ1) is 12.7. The number of benzene rings is 3. The van der Waals surface area contributed by atoms with Crippen LogP contribution in [0.4, 0.5) is 11.5 Å². The van der Waals surface area contributed by atoms with Crippen LogP contribution in [0.3, 0.4) is 0 Å². The second-order valence-electron chi connectivity index (χ2n) is 5.78. The molecule has 0 amide bonds. The van der Waals surface area contributed by atoms with Gasteiger partial charge in [-0.15, -0.1) is 0 Å². The summed E-state index contributed by atoms with van der Waals surface area (Å²) in [5.74, 6) is 2.19. The molecule has 0 atom stereocenters. The number of halogens is 1. The summed E-state index contributed by atoms with van der Waals surface area (Å²) in [6, 6.07) is 23.2. The van der Waals surface area contributed by atoms with E-state index >= 15 is 0 Å². The Morgan fingerprint density at radius 1 is 0.885 bits per heavy atom. The molecule has 0 aliphatic rings. The molecule has 3 aromatic carbocycles. The topological polar surface area (TPSA) is 47.0 Å². The van der Waals surface area contributed by atoms with Crippen LogP contribution in [0.2, 0.25) is 5.02 Å². The third-order valence-electron chi connectivity index (χ3n) is 4.04. The second-order valence-corrected chi connectivity index (χ2v) is 6.21. The van der Waals surface area contributed by atoms with Gasteiger partial charge in [0, 0.05) is 21.7 Å². The van der Waals surface area contributed by atoms with Crippen molar-refractivity contribution in [2.75, 3.05) is 12.4 Å². The van der Waals surface area contributed by atoms with E-state index < -0.39 is 0 Å². The third-order valence-corrected chi connectivity index (χ3v) is 4.27. The lowest BCUT2D eigenvalue weighted by molar-refractivity contribution is 0.415. The zero-order chi connectivity index (χ0) is 17.9. The SMILES string of the molecule is COc1ccc(-c2nc(Nc3cccc(Cl)c3)c3ccccc3n2)cc1. The summed E-state index contributed by atoms with van der Waals surface area (Å²) in [6.45, 7) is 0. The van der Waals surface area contributed by atoms with Gasteiger partial charge in [0.2, 0.25) is 0 Å². The maximum Gasteiger partial charge on any atom is 0.162 e. The van der Waals surface area contributed by atoms with Crippen molar-refractivity contribution >= 4 is 34.0 Å². The van der Waals surface area contributed by atoms with Gasteiger partial charge in [0.1, 0.15) is 11.6 Å². The first-order valence-corrected chi connectivity index (χ1v) is 8.54. The molecule has 4 aromatic rings. The van der Waals surface area contributed by atoms with Crippen LogP contribution in [0.25, 0.3) is 22.3 Å². The highest BCUT2D eigenvalue weighted by atomic mass is 35.5. The van der Waals surface area contributed by atoms with Crippen molar-refractivity contribution < 1.29 is 4.74 Å². The van der Waals surface area contributed by atoms with E-state index in [9.17, 15) is 0 Å². The van der Waals surface area contributed by atoms with Gasteiger partial charge in [0.15, 0.2) is 5.82 Å². The van der Waals surface area contributed by atoms with E-state index in [1.807, 2.05) is 72.8 Å². The van der Waals surface area contributed by atoms with E-state index in [-0.39, 0.29) is 0 Å². The van der Waals surface area contributed by atoms with Crippen molar-refractivity contribution in [2.45, 2.75) is 0 Å². The van der Waals surface area contributed by atoms with Gasteiger partial charge in [-0.1, -0.05) is 29.8 Å². The van der Waals surface area contributed by atoms with E-state index in [2.05, 4.69) is 5.32 Å². The molecule has 0 unspecified atom stereocenters. The largest absolute Gasteiger partial charge is 0.497 e. The Morgan fingerprint density at radius 2 is 1.69 bits per heavy atom. The maximum absolute atomic E-state index is 6.10. The molecule has 4 nitrogen and oxygen atoms in total. The van der Waals surface area contributed by atoms with Crippen LogP contribution >= 0.6 is 11.6 Å². The zero-order valence-corrected chi connectivity index (χ0v) is 14.9. The molecule has 5 heteroatoms. The molecule has 0 fully saturated rings. The zero-order valence-electron chi connectivity index (χ0n) is 14.1. The highest BCUT2D eigenvalue weighted by Crippen LogP contribution is 2.28. The number of para-hydroxylation sites is 1. The smallest absolute Gasteiger partial charge is 0.162 e. The molecule has 1 heterocycles. The number of nitrogens with one attached hydrogen (secondary N) is 1. The summed E-state index contributed by atoms with van der Waals surface area (Å²) in [6.07, 6.45) is 0. The van der Waals surface area contributed by atoms with Crippen LogP contribution in [0.15, 0.2) is 72.8 Å². The van der Waals surface area contributed by atoms with Crippen LogP contribution in [-0.2, 0) is 0 Å². The number of rotatable bonds is 4. The Hall–Kier alpha value is -3.11. The Labute approximate surface area is 156 Å². The number of anilines is 2. The molecule has 26 heavy (non-hydrogen) atoms. The van der Waals surface area contributed by atoms with Gasteiger partial charge in [-0.05, 0) is 54.6 Å². The number of hydrogen-bond donors (Lipinski definition) is 1. The average Bonchev–Trinajstić information content (AvgIpc) is 2.68. The van der Waals surface area contributed by atoms with Gasteiger partial charge in [-0.2, -0.15) is 0 Å².